The molecule has 0 amide bonds. The quantitative estimate of drug-likeness (QED) is 0.114. The van der Waals surface area contributed by atoms with Crippen molar-refractivity contribution in [2.45, 2.75) is 13.8 Å². The second kappa shape index (κ2) is 28.5. The van der Waals surface area contributed by atoms with Gasteiger partial charge in [-0.1, -0.05) is 343 Å². The molecule has 19 rings (SSSR count). The van der Waals surface area contributed by atoms with E-state index in [1.807, 2.05) is 0 Å². The van der Waals surface area contributed by atoms with Gasteiger partial charge in [-0.05, 0) is 122 Å². The molecular weight excluding hydrogens is 1330 g/mol. The maximum Gasteiger partial charge on any atom is 0.164 e. The van der Waals surface area contributed by atoms with Crippen LogP contribution in [0.25, 0.3) is 187 Å². The maximum absolute atomic E-state index is 10.1. The van der Waals surface area contributed by atoms with E-state index in [2.05, 4.69) is 29.9 Å². The maximum atomic E-state index is 10.1. The lowest BCUT2D eigenvalue weighted by Gasteiger charge is -2.13. The predicted molar refractivity (Wildman–Crippen MR) is 446 cm³/mol. The van der Waals surface area contributed by atoms with E-state index in [1.165, 1.54) is 13.8 Å². The molecule has 19 aromatic rings. The third kappa shape index (κ3) is 13.0. The summed E-state index contributed by atoms with van der Waals surface area (Å²) in [5, 5.41) is -1.79. The fraction of sp³-hybridized carbons (Fsp3) is 0.0204. The highest BCUT2D eigenvalue weighted by molar-refractivity contribution is 7.27. The summed E-state index contributed by atoms with van der Waals surface area (Å²) in [6.07, 6.45) is 0. The molecule has 0 unspecified atom stereocenters. The van der Waals surface area contributed by atoms with Crippen LogP contribution in [0, 0.1) is 13.8 Å². The number of hydrogen-bond acceptors (Lipinski definition) is 8. The van der Waals surface area contributed by atoms with E-state index < -0.39 is 529 Å². The summed E-state index contributed by atoms with van der Waals surface area (Å²) in [7, 11) is 0. The van der Waals surface area contributed by atoms with Gasteiger partial charge in [0.15, 0.2) is 34.9 Å². The van der Waals surface area contributed by atoms with Gasteiger partial charge in [-0.3, -0.25) is 0 Å². The fourth-order valence-corrected chi connectivity index (χ4v) is 13.0. The smallest absolute Gasteiger partial charge is 0.164 e. The molecule has 0 N–H and O–H groups in total. The number of benzene rings is 15. The molecule has 6 nitrogen and oxygen atoms in total. The van der Waals surface area contributed by atoms with Crippen LogP contribution in [0.4, 0.5) is 0 Å². The molecule has 500 valence electrons. The van der Waals surface area contributed by atoms with Crippen LogP contribution in [-0.2, 0) is 0 Å². The molecule has 8 heteroatoms. The van der Waals surface area contributed by atoms with E-state index in [9.17, 15) is 23.3 Å². The lowest BCUT2D eigenvalue weighted by Crippen LogP contribution is -2.00. The van der Waals surface area contributed by atoms with E-state index in [4.69, 9.17) is 58.9 Å². The van der Waals surface area contributed by atoms with Gasteiger partial charge in [-0.25, -0.2) is 29.9 Å². The first-order valence-electron chi connectivity index (χ1n) is 60.7. The van der Waals surface area contributed by atoms with Crippen LogP contribution in [0.3, 0.4) is 0 Å². The highest BCUT2D eigenvalue weighted by atomic mass is 32.1. The van der Waals surface area contributed by atoms with Crippen LogP contribution in [-0.4, -0.2) is 29.9 Å². The van der Waals surface area contributed by atoms with Gasteiger partial charge in [-0.2, -0.15) is 0 Å². The molecule has 0 atom stereocenters. The van der Waals surface area contributed by atoms with Gasteiger partial charge in [-0.15, -0.1) is 22.7 Å². The van der Waals surface area contributed by atoms with Gasteiger partial charge in [0.1, 0.15) is 0 Å². The Kier molecular flexibility index (Phi) is 7.30. The van der Waals surface area contributed by atoms with E-state index >= 15 is 0 Å². The van der Waals surface area contributed by atoms with Gasteiger partial charge < -0.3 is 0 Å². The fourth-order valence-electron chi connectivity index (χ4n) is 10.5. The molecule has 106 heavy (non-hydrogen) atoms. The van der Waals surface area contributed by atoms with E-state index in [0.717, 1.165) is 0 Å². The lowest BCUT2D eigenvalue weighted by atomic mass is 9.94. The Labute approximate surface area is 708 Å². The first kappa shape index (κ1) is 27.1. The summed E-state index contributed by atoms with van der Waals surface area (Å²) in [6, 6.07) is -53.3. The van der Waals surface area contributed by atoms with E-state index in [-0.39, 0.29) is 31.3 Å². The Balaban J connectivity index is 0.000000214. The molecule has 0 fully saturated rings. The van der Waals surface area contributed by atoms with Crippen LogP contribution in [0.1, 0.15) is 93.4 Å². The second-order valence-electron chi connectivity index (χ2n) is 21.9. The minimum absolute atomic E-state index is 0.0913. The number of aromatic nitrogens is 6. The average molecular weight is 1450 g/mol. The van der Waals surface area contributed by atoms with Crippen LogP contribution in [0.2, 0.25) is 0 Å². The van der Waals surface area contributed by atoms with Crippen molar-refractivity contribution < 1.29 is 82.2 Å². The summed E-state index contributed by atoms with van der Waals surface area (Å²) in [6.45, 7) is 2.56. The molecule has 0 spiro atoms. The Hall–Kier alpha value is -13.2. The van der Waals surface area contributed by atoms with Crippen molar-refractivity contribution in [2.75, 3.05) is 0 Å². The normalized spacial score (nSPS) is 19.2. The molecule has 0 saturated heterocycles. The number of hydrogen-bond donors (Lipinski definition) is 0. The number of rotatable bonds is 13. The minimum Gasteiger partial charge on any atom is -0.208 e. The largest absolute Gasteiger partial charge is 0.208 e. The van der Waals surface area contributed by atoms with Gasteiger partial charge in [0.25, 0.3) is 0 Å². The first-order chi connectivity index (χ1) is 77.3. The van der Waals surface area contributed by atoms with Crippen molar-refractivity contribution in [3.8, 4) is 146 Å². The zero-order chi connectivity index (χ0) is 123. The Morgan fingerprint density at radius 1 is 0.179 bits per heavy atom. The van der Waals surface area contributed by atoms with Crippen molar-refractivity contribution in [3.05, 3.63) is 374 Å². The van der Waals surface area contributed by atoms with Crippen LogP contribution >= 0.6 is 22.7 Å². The average Bonchev–Trinajstić information content (AvgIpc) is 0.851. The zero-order valence-electron chi connectivity index (χ0n) is 113. The first-order valence-corrected chi connectivity index (χ1v) is 32.4. The topological polar surface area (TPSA) is 77.3 Å². The molecule has 0 aliphatic rings. The lowest BCUT2D eigenvalue weighted by molar-refractivity contribution is 1.07. The summed E-state index contributed by atoms with van der Waals surface area (Å²) < 4.78 is 531. The molecular formula is C98H66N6S2. The summed E-state index contributed by atoms with van der Waals surface area (Å²) in [5.74, 6) is -5.04. The molecule has 15 aromatic carbocycles. The van der Waals surface area contributed by atoms with Crippen molar-refractivity contribution in [1.82, 2.24) is 29.9 Å². The van der Waals surface area contributed by atoms with Gasteiger partial charge >= 0.3 is 0 Å². The molecule has 4 heterocycles. The highest BCUT2D eigenvalue weighted by Gasteiger charge is 2.21. The highest BCUT2D eigenvalue weighted by Crippen LogP contribution is 2.47. The SMILES string of the molecule is [2H]c1c([2H])c([2H])c(-c2nc(-c3c([2H])c([2H])c([2H])c(C)c3[2H])nc(-c3c([2H])c(-c4c([2H])c([2H])c([2H])c([2H])c4[2H])c([2H])c(-c4c([2H])c([2H])c([2H])c5c4sc4c(-c6c([2H])c([2H])c([2H])c(-c7c([2H])c([2H])c([2H])c([2H])c7[2H])c6[2H])c([2H])c([2H])c([2H])c45)c3[2H])n2)c([2H])c1[2H].[2H]c1c([2H])c([2H])c(-c2nc(-c3c([2H])c([2H])c([2H])c([2H])c3[2H])nc(-c3c([2H])c([2H])c(-c4c([2H])c([2H])c([2H])c5c4sc4c(-c6c([2H])c([2H])c(-c7c([2H])c([2H])c([2H])c(C)c7[2H])c([2H])c6[2H])c([2H])c([2H])c([2H])c45)c([2H])c3[2H])n2)c([2H])c1[2H]. The molecule has 0 radical (unpaired) electrons. The molecule has 0 aliphatic heterocycles. The second-order valence-corrected chi connectivity index (χ2v) is 23.9. The summed E-state index contributed by atoms with van der Waals surface area (Å²) >= 11 is 0.948. The van der Waals surface area contributed by atoms with Gasteiger partial charge in [0.05, 0.1) is 82.2 Å². The molecule has 0 bridgehead atoms. The third-order valence-corrected chi connectivity index (χ3v) is 17.7. The summed E-state index contributed by atoms with van der Waals surface area (Å²) in [4.78, 5) is 25.8. The zero-order valence-corrected chi connectivity index (χ0v) is 55.1. The Bertz CT molecular complexity index is 9880. The molecule has 0 aliphatic carbocycles. The summed E-state index contributed by atoms with van der Waals surface area (Å²) in [5.41, 5.74) is -14.8. The van der Waals surface area contributed by atoms with Crippen LogP contribution < -0.4 is 0 Å². The standard InChI is InChI=1S/C52H35N3S.C46H31N3S/c1-34-15-11-24-40(29-34)51-53-50(37-20-9-4-10-21-37)54-52(55-51)43-32-41(36-18-7-3-8-19-36)31-42(33-43)45-26-14-28-47-46-27-13-25-44(48(46)56-49(45)47)39-23-12-22-38(30-39)35-16-5-2-6-17-35;1-30-11-8-16-37(29-30)31-21-23-32(24-22-31)38-17-9-19-40-41-20-10-18-39(43(41)50-42(38)40)33-25-27-36(28-26-33)46-48-44(34-12-4-2-5-13-34)47-45(49-46)35-14-6-3-7-15-35/h2-33H,1H3;2-29H,1H3/i2D,3D,4D,5D,6D,7D,8D,9D,10D,11D,12D,13D,14D,15D,16D,17D,18D,19D,20D,21D,22D,23D,24D,25D,26D,27D,28D,29D,30D,31D,32D,33D;2D,3D,4D,5D,6D,7D,8D,9D,10D,11D,12D,13D,14D,15D,16D,17D,18D,19D,20D,21D,22D,23D,24D,25D,26D,27D,28D,29D. The number of nitrogens with zero attached hydrogens (tertiary/aromatic N) is 6. The molecule has 4 aromatic heterocycles. The van der Waals surface area contributed by atoms with Gasteiger partial charge in [0, 0.05) is 73.7 Å². The predicted octanol–water partition coefficient (Wildman–Crippen LogP) is 26.8. The van der Waals surface area contributed by atoms with Crippen molar-refractivity contribution in [3.63, 3.8) is 0 Å². The number of fused-ring (bicyclic) bond motifs is 6. The van der Waals surface area contributed by atoms with Gasteiger partial charge in [0.2, 0.25) is 0 Å². The third-order valence-electron chi connectivity index (χ3n) is 15.2. The van der Waals surface area contributed by atoms with Crippen molar-refractivity contribution in [2.24, 2.45) is 0 Å². The number of thiophene rings is 2. The molecule has 0 saturated carbocycles. The Morgan fingerprint density at radius 3 is 0.858 bits per heavy atom. The van der Waals surface area contributed by atoms with Crippen molar-refractivity contribution >= 4 is 63.0 Å². The van der Waals surface area contributed by atoms with Crippen LogP contribution in [0.15, 0.2) is 363 Å². The van der Waals surface area contributed by atoms with Crippen LogP contribution in [0.5, 0.6) is 0 Å². The van der Waals surface area contributed by atoms with E-state index in [0.29, 0.717) is 22.7 Å². The van der Waals surface area contributed by atoms with Crippen molar-refractivity contribution in [1.29, 1.82) is 0 Å². The Morgan fingerprint density at radius 2 is 0.425 bits per heavy atom. The minimum atomic E-state index is -1.11. The van der Waals surface area contributed by atoms with E-state index in [1.54, 1.807) is 0 Å². The monoisotopic (exact) mass is 1450 g/mol.